The lowest BCUT2D eigenvalue weighted by Gasteiger charge is -2.21. The lowest BCUT2D eigenvalue weighted by Crippen LogP contribution is -2.21. The summed E-state index contributed by atoms with van der Waals surface area (Å²) in [6.45, 7) is 4.00. The lowest BCUT2D eigenvalue weighted by molar-refractivity contribution is 0.669. The van der Waals surface area contributed by atoms with Crippen LogP contribution in [0.1, 0.15) is 35.5 Å². The molecule has 5 heteroatoms. The van der Waals surface area contributed by atoms with E-state index in [4.69, 9.17) is 23.2 Å². The first-order valence-corrected chi connectivity index (χ1v) is 7.27. The molecule has 1 N–H and O–H groups in total. The summed E-state index contributed by atoms with van der Waals surface area (Å²) in [6.07, 6.45) is 0.818. The van der Waals surface area contributed by atoms with E-state index in [-0.39, 0.29) is 6.04 Å². The van der Waals surface area contributed by atoms with Crippen LogP contribution in [0.2, 0.25) is 10.0 Å². The first kappa shape index (κ1) is 15.2. The van der Waals surface area contributed by atoms with Gasteiger partial charge in [0, 0.05) is 10.0 Å². The van der Waals surface area contributed by atoms with E-state index >= 15 is 0 Å². The third-order valence-corrected chi connectivity index (χ3v) is 3.81. The highest BCUT2D eigenvalue weighted by Gasteiger charge is 2.19. The van der Waals surface area contributed by atoms with Gasteiger partial charge in [0.15, 0.2) is 0 Å². The second-order valence-corrected chi connectivity index (χ2v) is 5.47. The fraction of sp³-hybridized carbons (Fsp3) is 0.333. The van der Waals surface area contributed by atoms with Crippen molar-refractivity contribution >= 4 is 23.2 Å². The molecule has 1 heterocycles. The van der Waals surface area contributed by atoms with E-state index in [0.717, 1.165) is 28.9 Å². The zero-order valence-electron chi connectivity index (χ0n) is 11.7. The molecule has 0 aliphatic carbocycles. The van der Waals surface area contributed by atoms with E-state index in [0.29, 0.717) is 10.0 Å². The molecule has 0 saturated heterocycles. The van der Waals surface area contributed by atoms with Crippen molar-refractivity contribution in [2.75, 3.05) is 7.05 Å². The summed E-state index contributed by atoms with van der Waals surface area (Å²) in [5.41, 5.74) is 3.89. The number of rotatable bonds is 4. The Morgan fingerprint density at radius 1 is 1.15 bits per heavy atom. The molecule has 3 nitrogen and oxygen atoms in total. The van der Waals surface area contributed by atoms with Crippen molar-refractivity contribution in [3.63, 3.8) is 0 Å². The Labute approximate surface area is 129 Å². The molecular formula is C15H17Cl2N3. The molecule has 1 aromatic heterocycles. The van der Waals surface area contributed by atoms with Crippen molar-refractivity contribution in [1.29, 1.82) is 0 Å². The molecule has 0 bridgehead atoms. The Morgan fingerprint density at radius 2 is 1.90 bits per heavy atom. The van der Waals surface area contributed by atoms with Gasteiger partial charge in [-0.15, -0.1) is 0 Å². The van der Waals surface area contributed by atoms with Gasteiger partial charge in [-0.1, -0.05) is 30.1 Å². The Balaban J connectivity index is 2.57. The third kappa shape index (κ3) is 3.11. The van der Waals surface area contributed by atoms with Crippen LogP contribution in [0.3, 0.4) is 0 Å². The maximum atomic E-state index is 6.32. The smallest absolute Gasteiger partial charge is 0.0679 e. The highest BCUT2D eigenvalue weighted by Crippen LogP contribution is 2.31. The minimum absolute atomic E-state index is 0.0506. The Hall–Kier alpha value is -1.16. The molecule has 2 aromatic rings. The molecule has 106 valence electrons. The minimum atomic E-state index is -0.0506. The average Bonchev–Trinajstić information content (AvgIpc) is 2.44. The largest absolute Gasteiger partial charge is 0.309 e. The third-order valence-electron chi connectivity index (χ3n) is 3.23. The summed E-state index contributed by atoms with van der Waals surface area (Å²) in [4.78, 5) is 0. The molecule has 0 saturated carbocycles. The number of benzene rings is 1. The van der Waals surface area contributed by atoms with E-state index in [1.807, 2.05) is 32.2 Å². The Kier molecular flexibility index (Phi) is 4.97. The molecule has 0 amide bonds. The van der Waals surface area contributed by atoms with Crippen molar-refractivity contribution in [3.05, 3.63) is 56.8 Å². The van der Waals surface area contributed by atoms with Gasteiger partial charge in [-0.25, -0.2) is 0 Å². The number of aryl methyl sites for hydroxylation is 2. The highest BCUT2D eigenvalue weighted by molar-refractivity contribution is 6.33. The summed E-state index contributed by atoms with van der Waals surface area (Å²) in [6, 6.07) is 7.49. The van der Waals surface area contributed by atoms with Gasteiger partial charge in [-0.05, 0) is 55.8 Å². The Morgan fingerprint density at radius 3 is 2.55 bits per heavy atom. The highest BCUT2D eigenvalue weighted by atomic mass is 35.5. The zero-order chi connectivity index (χ0) is 14.7. The van der Waals surface area contributed by atoms with Gasteiger partial charge >= 0.3 is 0 Å². The summed E-state index contributed by atoms with van der Waals surface area (Å²) >= 11 is 12.4. The number of nitrogens with one attached hydrogen (secondary N) is 1. The molecule has 0 spiro atoms. The fourth-order valence-corrected chi connectivity index (χ4v) is 2.68. The predicted octanol–water partition coefficient (Wildman–Crippen LogP) is 3.96. The fourth-order valence-electron chi connectivity index (χ4n) is 2.27. The van der Waals surface area contributed by atoms with E-state index in [1.54, 1.807) is 6.07 Å². The van der Waals surface area contributed by atoms with Crippen LogP contribution in [0.25, 0.3) is 0 Å². The van der Waals surface area contributed by atoms with Crippen molar-refractivity contribution in [2.45, 2.75) is 26.3 Å². The standard InChI is InChI=1S/C15H17Cl2N3/c1-4-14-12(7-9(2)19-20-14)15(18-3)11-8-10(16)5-6-13(11)17/h5-8,15,18H,4H2,1-3H3. The molecule has 1 unspecified atom stereocenters. The van der Waals surface area contributed by atoms with Crippen LogP contribution in [0.5, 0.6) is 0 Å². The lowest BCUT2D eigenvalue weighted by atomic mass is 9.96. The van der Waals surface area contributed by atoms with Gasteiger partial charge in [0.1, 0.15) is 0 Å². The molecule has 1 atom stereocenters. The summed E-state index contributed by atoms with van der Waals surface area (Å²) in [5, 5.41) is 13.0. The molecular weight excluding hydrogens is 293 g/mol. The van der Waals surface area contributed by atoms with Gasteiger partial charge in [-0.3, -0.25) is 0 Å². The minimum Gasteiger partial charge on any atom is -0.309 e. The van der Waals surface area contributed by atoms with Crippen LogP contribution in [-0.2, 0) is 6.42 Å². The molecule has 0 aliphatic rings. The Bertz CT molecular complexity index is 614. The summed E-state index contributed by atoms with van der Waals surface area (Å²) in [5.74, 6) is 0. The van der Waals surface area contributed by atoms with Gasteiger partial charge in [-0.2, -0.15) is 10.2 Å². The van der Waals surface area contributed by atoms with Crippen LogP contribution in [0, 0.1) is 6.92 Å². The van der Waals surface area contributed by atoms with Crippen molar-refractivity contribution in [1.82, 2.24) is 15.5 Å². The van der Waals surface area contributed by atoms with Gasteiger partial charge < -0.3 is 5.32 Å². The SMILES string of the molecule is CCc1nnc(C)cc1C(NC)c1cc(Cl)ccc1Cl. The molecule has 0 fully saturated rings. The zero-order valence-corrected chi connectivity index (χ0v) is 13.3. The number of nitrogens with zero attached hydrogens (tertiary/aromatic N) is 2. The second-order valence-electron chi connectivity index (χ2n) is 4.63. The molecule has 1 aromatic carbocycles. The molecule has 0 radical (unpaired) electrons. The van der Waals surface area contributed by atoms with E-state index in [9.17, 15) is 0 Å². The van der Waals surface area contributed by atoms with Gasteiger partial charge in [0.05, 0.1) is 17.4 Å². The maximum Gasteiger partial charge on any atom is 0.0679 e. The van der Waals surface area contributed by atoms with Crippen LogP contribution < -0.4 is 5.32 Å². The topological polar surface area (TPSA) is 37.8 Å². The first-order valence-electron chi connectivity index (χ1n) is 6.52. The second kappa shape index (κ2) is 6.53. The predicted molar refractivity (Wildman–Crippen MR) is 83.5 cm³/mol. The average molecular weight is 310 g/mol. The van der Waals surface area contributed by atoms with Crippen LogP contribution in [0.15, 0.2) is 24.3 Å². The van der Waals surface area contributed by atoms with E-state index < -0.39 is 0 Å². The van der Waals surface area contributed by atoms with Crippen molar-refractivity contribution in [2.24, 2.45) is 0 Å². The van der Waals surface area contributed by atoms with E-state index in [1.165, 1.54) is 0 Å². The molecule has 20 heavy (non-hydrogen) atoms. The molecule has 2 rings (SSSR count). The quantitative estimate of drug-likeness (QED) is 0.929. The maximum absolute atomic E-state index is 6.32. The number of hydrogen-bond acceptors (Lipinski definition) is 3. The van der Waals surface area contributed by atoms with Gasteiger partial charge in [0.25, 0.3) is 0 Å². The summed E-state index contributed by atoms with van der Waals surface area (Å²) in [7, 11) is 1.90. The summed E-state index contributed by atoms with van der Waals surface area (Å²) < 4.78 is 0. The normalized spacial score (nSPS) is 12.4. The van der Waals surface area contributed by atoms with Crippen molar-refractivity contribution < 1.29 is 0 Å². The number of aromatic nitrogens is 2. The number of halogens is 2. The van der Waals surface area contributed by atoms with Crippen LogP contribution in [-0.4, -0.2) is 17.2 Å². The van der Waals surface area contributed by atoms with Gasteiger partial charge in [0.2, 0.25) is 0 Å². The van der Waals surface area contributed by atoms with Crippen molar-refractivity contribution in [3.8, 4) is 0 Å². The van der Waals surface area contributed by atoms with Crippen LogP contribution >= 0.6 is 23.2 Å². The number of hydrogen-bond donors (Lipinski definition) is 1. The monoisotopic (exact) mass is 309 g/mol. The first-order chi connectivity index (χ1) is 9.56. The van der Waals surface area contributed by atoms with E-state index in [2.05, 4.69) is 22.4 Å². The molecule has 0 aliphatic heterocycles. The van der Waals surface area contributed by atoms with Crippen LogP contribution in [0.4, 0.5) is 0 Å².